The average Bonchev–Trinajstić information content (AvgIpc) is 3.28. The zero-order valence-corrected chi connectivity index (χ0v) is 17.2. The van der Waals surface area contributed by atoms with Crippen molar-refractivity contribution < 1.29 is 22.7 Å². The molecular formula is C20H25N3O5S. The molecule has 1 aromatic rings. The second-order valence-electron chi connectivity index (χ2n) is 7.43. The second kappa shape index (κ2) is 8.93. The van der Waals surface area contributed by atoms with Crippen LogP contribution in [0.1, 0.15) is 38.2 Å². The number of amides is 1. The number of benzene rings is 1. The van der Waals surface area contributed by atoms with Gasteiger partial charge in [-0.15, -0.1) is 0 Å². The van der Waals surface area contributed by atoms with Crippen LogP contribution in [0, 0.1) is 17.2 Å². The van der Waals surface area contributed by atoms with Crippen LogP contribution in [-0.2, 0) is 24.3 Å². The van der Waals surface area contributed by atoms with Gasteiger partial charge in [0, 0.05) is 26.2 Å². The van der Waals surface area contributed by atoms with Crippen LogP contribution in [0.3, 0.4) is 0 Å². The third-order valence-electron chi connectivity index (χ3n) is 5.47. The molecule has 3 rings (SSSR count). The van der Waals surface area contributed by atoms with Gasteiger partial charge in [-0.2, -0.15) is 9.57 Å². The van der Waals surface area contributed by atoms with Crippen LogP contribution in [-0.4, -0.2) is 61.8 Å². The lowest BCUT2D eigenvalue weighted by Crippen LogP contribution is -2.43. The molecule has 0 radical (unpaired) electrons. The van der Waals surface area contributed by atoms with Gasteiger partial charge in [-0.25, -0.2) is 8.42 Å². The minimum Gasteiger partial charge on any atom is -0.452 e. The van der Waals surface area contributed by atoms with E-state index in [-0.39, 0.29) is 23.9 Å². The number of hydrogen-bond acceptors (Lipinski definition) is 6. The summed E-state index contributed by atoms with van der Waals surface area (Å²) in [5, 5.41) is 8.84. The highest BCUT2D eigenvalue weighted by molar-refractivity contribution is 7.89. The van der Waals surface area contributed by atoms with E-state index >= 15 is 0 Å². The van der Waals surface area contributed by atoms with E-state index in [0.29, 0.717) is 31.5 Å². The van der Waals surface area contributed by atoms with Crippen molar-refractivity contribution >= 4 is 21.9 Å². The zero-order chi connectivity index (χ0) is 21.0. The summed E-state index contributed by atoms with van der Waals surface area (Å²) in [6.45, 7) is 3.40. The van der Waals surface area contributed by atoms with Crippen LogP contribution in [0.2, 0.25) is 0 Å². The molecule has 156 valence electrons. The molecule has 2 saturated heterocycles. The number of piperidine rings is 1. The first-order valence-corrected chi connectivity index (χ1v) is 11.3. The van der Waals surface area contributed by atoms with E-state index in [0.717, 1.165) is 12.8 Å². The topological polar surface area (TPSA) is 108 Å². The number of sulfonamides is 1. The first-order chi connectivity index (χ1) is 13.8. The predicted octanol–water partition coefficient (Wildman–Crippen LogP) is 1.51. The smallest absolute Gasteiger partial charge is 0.309 e. The molecule has 1 aromatic carbocycles. The van der Waals surface area contributed by atoms with Crippen LogP contribution in [0.15, 0.2) is 29.2 Å². The third kappa shape index (κ3) is 4.77. The van der Waals surface area contributed by atoms with E-state index < -0.39 is 28.0 Å². The van der Waals surface area contributed by atoms with Crippen molar-refractivity contribution in [2.24, 2.45) is 5.92 Å². The fourth-order valence-corrected chi connectivity index (χ4v) is 5.17. The standard InChI is InChI=1S/C20H25N3O5S/c1-15(19(24)22-10-2-3-11-22)28-20(25)17-8-12-23(13-9-17)29(26,27)18-6-4-16(14-21)5-7-18/h4-7,15,17H,2-3,8-13H2,1H3/t15-/m0/s1. The summed E-state index contributed by atoms with van der Waals surface area (Å²) in [4.78, 5) is 26.6. The van der Waals surface area contributed by atoms with Crippen molar-refractivity contribution in [2.75, 3.05) is 26.2 Å². The van der Waals surface area contributed by atoms with Gasteiger partial charge in [0.05, 0.1) is 22.4 Å². The van der Waals surface area contributed by atoms with Crippen LogP contribution in [0.25, 0.3) is 0 Å². The molecule has 0 unspecified atom stereocenters. The highest BCUT2D eigenvalue weighted by atomic mass is 32.2. The number of nitriles is 1. The molecule has 2 aliphatic rings. The number of esters is 1. The molecule has 0 N–H and O–H groups in total. The number of hydrogen-bond donors (Lipinski definition) is 0. The summed E-state index contributed by atoms with van der Waals surface area (Å²) in [6, 6.07) is 7.73. The summed E-state index contributed by atoms with van der Waals surface area (Å²) >= 11 is 0. The molecule has 9 heteroatoms. The quantitative estimate of drug-likeness (QED) is 0.670. The maximum absolute atomic E-state index is 12.8. The number of rotatable bonds is 5. The minimum absolute atomic E-state index is 0.127. The number of carbonyl (C=O) groups is 2. The fourth-order valence-electron chi connectivity index (χ4n) is 3.70. The van der Waals surface area contributed by atoms with Gasteiger partial charge in [-0.3, -0.25) is 9.59 Å². The third-order valence-corrected chi connectivity index (χ3v) is 7.38. The summed E-state index contributed by atoms with van der Waals surface area (Å²) in [5.74, 6) is -1.03. The molecule has 1 amide bonds. The molecule has 0 aromatic heterocycles. The fraction of sp³-hybridized carbons (Fsp3) is 0.550. The molecule has 29 heavy (non-hydrogen) atoms. The van der Waals surface area contributed by atoms with Gasteiger partial charge in [0.1, 0.15) is 0 Å². The van der Waals surface area contributed by atoms with E-state index in [1.807, 2.05) is 6.07 Å². The van der Waals surface area contributed by atoms with Crippen molar-refractivity contribution in [3.63, 3.8) is 0 Å². The lowest BCUT2D eigenvalue weighted by molar-refractivity contribution is -0.163. The lowest BCUT2D eigenvalue weighted by atomic mass is 9.98. The normalized spacial score (nSPS) is 19.5. The van der Waals surface area contributed by atoms with Crippen molar-refractivity contribution in [1.82, 2.24) is 9.21 Å². The summed E-state index contributed by atoms with van der Waals surface area (Å²) < 4.78 is 32.2. The maximum atomic E-state index is 12.8. The van der Waals surface area contributed by atoms with Gasteiger partial charge in [0.15, 0.2) is 6.10 Å². The Morgan fingerprint density at radius 2 is 1.69 bits per heavy atom. The summed E-state index contributed by atoms with van der Waals surface area (Å²) in [5.41, 5.74) is 0.392. The second-order valence-corrected chi connectivity index (χ2v) is 9.36. The van der Waals surface area contributed by atoms with Gasteiger partial charge in [-0.05, 0) is 56.9 Å². The Kier molecular flexibility index (Phi) is 6.55. The Labute approximate surface area is 171 Å². The van der Waals surface area contributed by atoms with E-state index in [1.165, 1.54) is 28.6 Å². The number of nitrogens with zero attached hydrogens (tertiary/aromatic N) is 3. The van der Waals surface area contributed by atoms with E-state index in [1.54, 1.807) is 11.8 Å². The SMILES string of the molecule is C[C@H](OC(=O)C1CCN(S(=O)(=O)c2ccc(C#N)cc2)CC1)C(=O)N1CCCC1. The van der Waals surface area contributed by atoms with Gasteiger partial charge >= 0.3 is 5.97 Å². The Morgan fingerprint density at radius 3 is 2.24 bits per heavy atom. The van der Waals surface area contributed by atoms with Gasteiger partial charge < -0.3 is 9.64 Å². The number of ether oxygens (including phenoxy) is 1. The molecule has 0 bridgehead atoms. The average molecular weight is 420 g/mol. The molecule has 2 aliphatic heterocycles. The zero-order valence-electron chi connectivity index (χ0n) is 16.4. The molecule has 2 fully saturated rings. The van der Waals surface area contributed by atoms with Gasteiger partial charge in [0.2, 0.25) is 10.0 Å². The minimum atomic E-state index is -3.67. The number of carbonyl (C=O) groups excluding carboxylic acids is 2. The van der Waals surface area contributed by atoms with E-state index in [2.05, 4.69) is 0 Å². The first kappa shape index (κ1) is 21.3. The van der Waals surface area contributed by atoms with Crippen LogP contribution in [0.5, 0.6) is 0 Å². The van der Waals surface area contributed by atoms with Gasteiger partial charge in [0.25, 0.3) is 5.91 Å². The van der Waals surface area contributed by atoms with Crippen LogP contribution in [0.4, 0.5) is 0 Å². The van der Waals surface area contributed by atoms with Crippen molar-refractivity contribution in [2.45, 2.75) is 43.6 Å². The molecule has 0 spiro atoms. The molecule has 8 nitrogen and oxygen atoms in total. The van der Waals surface area contributed by atoms with E-state index in [9.17, 15) is 18.0 Å². The molecule has 0 saturated carbocycles. The van der Waals surface area contributed by atoms with Crippen molar-refractivity contribution in [3.8, 4) is 6.07 Å². The van der Waals surface area contributed by atoms with Crippen LogP contribution < -0.4 is 0 Å². The van der Waals surface area contributed by atoms with Gasteiger partial charge in [-0.1, -0.05) is 0 Å². The Morgan fingerprint density at radius 1 is 1.10 bits per heavy atom. The molecule has 2 heterocycles. The molecular weight excluding hydrogens is 394 g/mol. The summed E-state index contributed by atoms with van der Waals surface area (Å²) in [6.07, 6.45) is 1.82. The Balaban J connectivity index is 1.54. The summed E-state index contributed by atoms with van der Waals surface area (Å²) in [7, 11) is -3.67. The Bertz CT molecular complexity index is 893. The van der Waals surface area contributed by atoms with E-state index in [4.69, 9.17) is 10.00 Å². The number of likely N-dealkylation sites (tertiary alicyclic amines) is 1. The Hall–Kier alpha value is -2.44. The first-order valence-electron chi connectivity index (χ1n) is 9.82. The molecule has 1 atom stereocenters. The predicted molar refractivity (Wildman–Crippen MR) is 104 cm³/mol. The molecule has 0 aliphatic carbocycles. The highest BCUT2D eigenvalue weighted by Gasteiger charge is 2.34. The highest BCUT2D eigenvalue weighted by Crippen LogP contribution is 2.25. The largest absolute Gasteiger partial charge is 0.452 e. The monoisotopic (exact) mass is 419 g/mol. The maximum Gasteiger partial charge on any atom is 0.309 e. The van der Waals surface area contributed by atoms with Crippen LogP contribution >= 0.6 is 0 Å². The van der Waals surface area contributed by atoms with Crippen molar-refractivity contribution in [3.05, 3.63) is 29.8 Å². The lowest BCUT2D eigenvalue weighted by Gasteiger charge is -2.31. The van der Waals surface area contributed by atoms with Crippen molar-refractivity contribution in [1.29, 1.82) is 5.26 Å².